The number of aromatic hydroxyl groups is 1. The van der Waals surface area contributed by atoms with E-state index in [1.165, 1.54) is 12.1 Å². The predicted molar refractivity (Wildman–Crippen MR) is 54.4 cm³/mol. The van der Waals surface area contributed by atoms with Crippen molar-refractivity contribution in [3.05, 3.63) is 22.2 Å². The molecule has 0 aliphatic carbocycles. The molecule has 0 saturated carbocycles. The number of benzene rings is 1. The van der Waals surface area contributed by atoms with Gasteiger partial charge in [-0.2, -0.15) is 0 Å². The summed E-state index contributed by atoms with van der Waals surface area (Å²) in [6, 6.07) is 2.75. The molecule has 1 aromatic carbocycles. The summed E-state index contributed by atoms with van der Waals surface area (Å²) in [4.78, 5) is 10.5. The third-order valence-corrected chi connectivity index (χ3v) is 2.04. The van der Waals surface area contributed by atoms with Crippen LogP contribution in [0.25, 0.3) is 0 Å². The fourth-order valence-electron chi connectivity index (χ4n) is 0.768. The third kappa shape index (κ3) is 2.26. The molecule has 13 heavy (non-hydrogen) atoms. The Morgan fingerprint density at radius 3 is 2.46 bits per heavy atom. The van der Waals surface area contributed by atoms with Gasteiger partial charge in [-0.15, -0.1) is 12.4 Å². The highest BCUT2D eigenvalue weighted by Crippen LogP contribution is 2.32. The van der Waals surface area contributed by atoms with Crippen LogP contribution in [0.1, 0.15) is 10.4 Å². The number of carboxylic acid groups (broad SMARTS) is 1. The number of carboxylic acids is 1. The molecule has 0 aromatic heterocycles. The van der Waals surface area contributed by atoms with Crippen LogP contribution in [0.3, 0.4) is 0 Å². The topological polar surface area (TPSA) is 83.6 Å². The van der Waals surface area contributed by atoms with Gasteiger partial charge in [-0.05, 0) is 28.1 Å². The van der Waals surface area contributed by atoms with Gasteiger partial charge in [-0.3, -0.25) is 0 Å². The Hall–Kier alpha value is -0.940. The van der Waals surface area contributed by atoms with Crippen LogP contribution in [0, 0.1) is 0 Å². The maximum absolute atomic E-state index is 10.5. The van der Waals surface area contributed by atoms with E-state index in [-0.39, 0.29) is 29.4 Å². The summed E-state index contributed by atoms with van der Waals surface area (Å²) in [5.74, 6) is -1.40. The van der Waals surface area contributed by atoms with E-state index >= 15 is 0 Å². The lowest BCUT2D eigenvalue weighted by atomic mass is 10.2. The Labute approximate surface area is 88.9 Å². The molecule has 0 atom stereocenters. The number of rotatable bonds is 1. The zero-order chi connectivity index (χ0) is 9.30. The fourth-order valence-corrected chi connectivity index (χ4v) is 1.11. The first kappa shape index (κ1) is 12.1. The summed E-state index contributed by atoms with van der Waals surface area (Å²) >= 11 is 3.01. The van der Waals surface area contributed by atoms with Crippen LogP contribution in [0.4, 0.5) is 5.69 Å². The number of hydrogen-bond donors (Lipinski definition) is 3. The van der Waals surface area contributed by atoms with Crippen molar-refractivity contribution in [2.45, 2.75) is 0 Å². The number of nitrogens with two attached hydrogens (primary N) is 1. The molecule has 72 valence electrons. The molecule has 6 heteroatoms. The number of halogens is 2. The molecule has 0 aliphatic rings. The molecule has 0 saturated heterocycles. The van der Waals surface area contributed by atoms with Crippen molar-refractivity contribution in [2.24, 2.45) is 0 Å². The lowest BCUT2D eigenvalue weighted by molar-refractivity contribution is 0.0697. The van der Waals surface area contributed by atoms with Crippen LogP contribution < -0.4 is 5.73 Å². The summed E-state index contributed by atoms with van der Waals surface area (Å²) in [5.41, 5.74) is 5.09. The highest BCUT2D eigenvalue weighted by atomic mass is 79.9. The number of phenols is 1. The Kier molecular flexibility index (Phi) is 4.03. The summed E-state index contributed by atoms with van der Waals surface area (Å²) in [7, 11) is 0. The smallest absolute Gasteiger partial charge is 0.337 e. The minimum Gasteiger partial charge on any atom is -0.505 e. The predicted octanol–water partition coefficient (Wildman–Crippen LogP) is 1.86. The molecule has 4 nitrogen and oxygen atoms in total. The average Bonchev–Trinajstić information content (AvgIpc) is 2.00. The molecule has 0 spiro atoms. The van der Waals surface area contributed by atoms with Crippen molar-refractivity contribution in [3.63, 3.8) is 0 Å². The fraction of sp³-hybridized carbons (Fsp3) is 0. The van der Waals surface area contributed by atoms with Crippen molar-refractivity contribution >= 4 is 40.0 Å². The average molecular weight is 268 g/mol. The number of phenolic OH excluding ortho intramolecular Hbond substituents is 1. The molecule has 1 aromatic rings. The molecular formula is C7H7BrClNO3. The number of anilines is 1. The van der Waals surface area contributed by atoms with Gasteiger partial charge in [0.25, 0.3) is 0 Å². The second kappa shape index (κ2) is 4.34. The van der Waals surface area contributed by atoms with Gasteiger partial charge < -0.3 is 15.9 Å². The normalized spacial score (nSPS) is 9.00. The van der Waals surface area contributed by atoms with Crippen LogP contribution in [0.15, 0.2) is 16.6 Å². The number of carbonyl (C=O) groups is 1. The Bertz CT molecular complexity index is 343. The van der Waals surface area contributed by atoms with E-state index in [0.717, 1.165) is 0 Å². The van der Waals surface area contributed by atoms with Gasteiger partial charge in [0.1, 0.15) is 0 Å². The molecule has 0 heterocycles. The minimum absolute atomic E-state index is 0. The van der Waals surface area contributed by atoms with Gasteiger partial charge in [-0.1, -0.05) is 0 Å². The highest BCUT2D eigenvalue weighted by molar-refractivity contribution is 9.10. The Morgan fingerprint density at radius 2 is 2.00 bits per heavy atom. The number of nitrogen functional groups attached to an aromatic ring is 1. The Morgan fingerprint density at radius 1 is 1.46 bits per heavy atom. The first-order valence-electron chi connectivity index (χ1n) is 3.04. The number of aromatic carboxylic acids is 1. The van der Waals surface area contributed by atoms with Gasteiger partial charge >= 0.3 is 5.97 Å². The van der Waals surface area contributed by atoms with Crippen molar-refractivity contribution in [1.82, 2.24) is 0 Å². The van der Waals surface area contributed by atoms with E-state index in [0.29, 0.717) is 4.47 Å². The van der Waals surface area contributed by atoms with Gasteiger partial charge in [0.2, 0.25) is 0 Å². The molecular weight excluding hydrogens is 261 g/mol. The maximum atomic E-state index is 10.5. The summed E-state index contributed by atoms with van der Waals surface area (Å²) in [6.45, 7) is 0. The first-order valence-corrected chi connectivity index (χ1v) is 3.83. The summed E-state index contributed by atoms with van der Waals surface area (Å²) < 4.78 is 0.380. The van der Waals surface area contributed by atoms with Gasteiger partial charge in [0.05, 0.1) is 15.7 Å². The SMILES string of the molecule is Cl.Nc1c(C(=O)O)ccc(Br)c1O. The molecule has 0 radical (unpaired) electrons. The largest absolute Gasteiger partial charge is 0.505 e. The van der Waals surface area contributed by atoms with E-state index in [4.69, 9.17) is 10.8 Å². The van der Waals surface area contributed by atoms with Gasteiger partial charge in [0, 0.05) is 0 Å². The van der Waals surface area contributed by atoms with Crippen LogP contribution in [-0.2, 0) is 0 Å². The first-order chi connectivity index (χ1) is 5.54. The number of hydrogen-bond acceptors (Lipinski definition) is 3. The second-order valence-corrected chi connectivity index (χ2v) is 3.02. The molecule has 0 aliphatic heterocycles. The van der Waals surface area contributed by atoms with Crippen molar-refractivity contribution in [1.29, 1.82) is 0 Å². The van der Waals surface area contributed by atoms with Crippen molar-refractivity contribution in [2.75, 3.05) is 5.73 Å². The molecule has 0 unspecified atom stereocenters. The monoisotopic (exact) mass is 267 g/mol. The zero-order valence-electron chi connectivity index (χ0n) is 6.32. The third-order valence-electron chi connectivity index (χ3n) is 1.40. The standard InChI is InChI=1S/C7H6BrNO3.ClH/c8-4-2-1-3(7(11)12)5(9)6(4)10;/h1-2,10H,9H2,(H,11,12);1H. The van der Waals surface area contributed by atoms with Crippen LogP contribution in [0.5, 0.6) is 5.75 Å². The molecule has 0 bridgehead atoms. The summed E-state index contributed by atoms with van der Waals surface area (Å²) in [5, 5.41) is 17.8. The van der Waals surface area contributed by atoms with Crippen molar-refractivity contribution < 1.29 is 15.0 Å². The maximum Gasteiger partial charge on any atom is 0.337 e. The molecule has 1 rings (SSSR count). The quantitative estimate of drug-likeness (QED) is 0.536. The van der Waals surface area contributed by atoms with E-state index in [1.807, 2.05) is 0 Å². The molecule has 4 N–H and O–H groups in total. The second-order valence-electron chi connectivity index (χ2n) is 2.16. The van der Waals surface area contributed by atoms with Crippen LogP contribution in [-0.4, -0.2) is 16.2 Å². The molecule has 0 fully saturated rings. The van der Waals surface area contributed by atoms with Crippen molar-refractivity contribution in [3.8, 4) is 5.75 Å². The van der Waals surface area contributed by atoms with Gasteiger partial charge in [-0.25, -0.2) is 4.79 Å². The van der Waals surface area contributed by atoms with E-state index in [2.05, 4.69) is 15.9 Å². The van der Waals surface area contributed by atoms with Crippen LogP contribution in [0.2, 0.25) is 0 Å². The zero-order valence-corrected chi connectivity index (χ0v) is 8.72. The summed E-state index contributed by atoms with van der Waals surface area (Å²) in [6.07, 6.45) is 0. The lowest BCUT2D eigenvalue weighted by Gasteiger charge is -2.03. The Balaban J connectivity index is 0.00000144. The highest BCUT2D eigenvalue weighted by Gasteiger charge is 2.12. The lowest BCUT2D eigenvalue weighted by Crippen LogP contribution is -2.02. The van der Waals surface area contributed by atoms with Crippen LogP contribution >= 0.6 is 28.3 Å². The van der Waals surface area contributed by atoms with E-state index in [1.54, 1.807) is 0 Å². The van der Waals surface area contributed by atoms with E-state index < -0.39 is 5.97 Å². The molecule has 0 amide bonds. The van der Waals surface area contributed by atoms with E-state index in [9.17, 15) is 9.90 Å². The van der Waals surface area contributed by atoms with Gasteiger partial charge in [0.15, 0.2) is 5.75 Å². The minimum atomic E-state index is -1.16.